The van der Waals surface area contributed by atoms with Gasteiger partial charge in [0, 0.05) is 25.1 Å². The maximum absolute atomic E-state index is 13.4. The van der Waals surface area contributed by atoms with Gasteiger partial charge < -0.3 is 4.74 Å². The average molecular weight is 251 g/mol. The van der Waals surface area contributed by atoms with Crippen LogP contribution in [0.4, 0.5) is 4.39 Å². The molecule has 1 aromatic carbocycles. The topological polar surface area (TPSA) is 21.7 Å². The van der Waals surface area contributed by atoms with E-state index in [0.717, 1.165) is 44.7 Å². The molecule has 2 aliphatic heterocycles. The van der Waals surface area contributed by atoms with Crippen LogP contribution in [0.2, 0.25) is 0 Å². The number of hydrogen-bond donors (Lipinski definition) is 0. The molecule has 3 rings (SSSR count). The number of benzene rings is 1. The summed E-state index contributed by atoms with van der Waals surface area (Å²) in [5, 5.41) is 2.00. The van der Waals surface area contributed by atoms with Crippen molar-refractivity contribution in [3.8, 4) is 0 Å². The third kappa shape index (κ3) is 2.28. The van der Waals surface area contributed by atoms with Crippen LogP contribution in [0.15, 0.2) is 24.3 Å². The number of halogens is 1. The third-order valence-electron chi connectivity index (χ3n) is 3.85. The molecule has 2 aliphatic rings. The van der Waals surface area contributed by atoms with Crippen molar-refractivity contribution in [3.05, 3.63) is 35.6 Å². The first kappa shape index (κ1) is 12.1. The first-order chi connectivity index (χ1) is 8.78. The largest absolute Gasteiger partial charge is 0.380 e. The molecular weight excluding hydrogens is 233 g/mol. The smallest absolute Gasteiger partial charge is 0.123 e. The van der Waals surface area contributed by atoms with Gasteiger partial charge in [0.25, 0.3) is 0 Å². The van der Waals surface area contributed by atoms with Crippen LogP contribution >= 0.6 is 0 Å². The highest BCUT2D eigenvalue weighted by Gasteiger charge is 2.39. The second kappa shape index (κ2) is 4.96. The van der Waals surface area contributed by atoms with E-state index >= 15 is 0 Å². The Morgan fingerprint density at radius 2 is 2.28 bits per heavy atom. The zero-order chi connectivity index (χ0) is 12.4. The van der Waals surface area contributed by atoms with Crippen molar-refractivity contribution in [2.24, 2.45) is 0 Å². The number of hydrogen-bond acceptors (Lipinski definition) is 3. The fourth-order valence-corrected chi connectivity index (χ4v) is 2.83. The van der Waals surface area contributed by atoms with Crippen LogP contribution in [0.1, 0.15) is 18.4 Å². The van der Waals surface area contributed by atoms with Gasteiger partial charge in [-0.2, -0.15) is 5.06 Å². The standard InChI is InChI=1S/C14H18FNO2/c15-13-4-1-3-12(9-13)14(5-8-17-11-14)10-16-6-2-7-18-16/h1,3-4,9H,2,5-8,10-11H2. The lowest BCUT2D eigenvalue weighted by molar-refractivity contribution is -0.122. The normalized spacial score (nSPS) is 28.9. The molecule has 2 heterocycles. The minimum atomic E-state index is -0.180. The van der Waals surface area contributed by atoms with Crippen LogP contribution in [0, 0.1) is 5.82 Å². The summed E-state index contributed by atoms with van der Waals surface area (Å²) in [6.07, 6.45) is 2.00. The summed E-state index contributed by atoms with van der Waals surface area (Å²) in [6, 6.07) is 6.88. The Balaban J connectivity index is 1.85. The number of ether oxygens (including phenoxy) is 1. The molecule has 0 aromatic heterocycles. The fourth-order valence-electron chi connectivity index (χ4n) is 2.83. The number of nitrogens with zero attached hydrogens (tertiary/aromatic N) is 1. The third-order valence-corrected chi connectivity index (χ3v) is 3.85. The molecular formula is C14H18FNO2. The van der Waals surface area contributed by atoms with Gasteiger partial charge in [-0.3, -0.25) is 4.84 Å². The number of hydroxylamine groups is 2. The fraction of sp³-hybridized carbons (Fsp3) is 0.571. The summed E-state index contributed by atoms with van der Waals surface area (Å²) in [5.41, 5.74) is 0.905. The highest BCUT2D eigenvalue weighted by Crippen LogP contribution is 2.35. The van der Waals surface area contributed by atoms with E-state index in [1.165, 1.54) is 6.07 Å². The van der Waals surface area contributed by atoms with Crippen LogP contribution < -0.4 is 0 Å². The van der Waals surface area contributed by atoms with Crippen LogP contribution in [0.3, 0.4) is 0 Å². The summed E-state index contributed by atoms with van der Waals surface area (Å²) in [5.74, 6) is -0.180. The van der Waals surface area contributed by atoms with Gasteiger partial charge in [0.15, 0.2) is 0 Å². The van der Waals surface area contributed by atoms with Crippen molar-refractivity contribution in [3.63, 3.8) is 0 Å². The predicted octanol–water partition coefficient (Wildman–Crippen LogP) is 2.12. The lowest BCUT2D eigenvalue weighted by atomic mass is 9.79. The van der Waals surface area contributed by atoms with E-state index in [1.807, 2.05) is 11.1 Å². The summed E-state index contributed by atoms with van der Waals surface area (Å²) in [4.78, 5) is 5.58. The van der Waals surface area contributed by atoms with E-state index in [1.54, 1.807) is 12.1 Å². The van der Waals surface area contributed by atoms with Crippen molar-refractivity contribution in [2.75, 3.05) is 32.9 Å². The first-order valence-electron chi connectivity index (χ1n) is 6.50. The average Bonchev–Trinajstić information content (AvgIpc) is 3.02. The molecule has 0 aliphatic carbocycles. The zero-order valence-corrected chi connectivity index (χ0v) is 10.4. The van der Waals surface area contributed by atoms with E-state index in [2.05, 4.69) is 0 Å². The molecule has 1 atom stereocenters. The maximum atomic E-state index is 13.4. The van der Waals surface area contributed by atoms with E-state index in [4.69, 9.17) is 9.57 Å². The molecule has 18 heavy (non-hydrogen) atoms. The summed E-state index contributed by atoms with van der Waals surface area (Å²) in [6.45, 7) is 3.92. The molecule has 0 N–H and O–H groups in total. The molecule has 0 amide bonds. The van der Waals surface area contributed by atoms with Crippen molar-refractivity contribution >= 4 is 0 Å². The van der Waals surface area contributed by atoms with Gasteiger partial charge in [-0.05, 0) is 30.5 Å². The number of rotatable bonds is 3. The Bertz CT molecular complexity index is 412. The highest BCUT2D eigenvalue weighted by molar-refractivity contribution is 5.28. The van der Waals surface area contributed by atoms with E-state index in [-0.39, 0.29) is 11.2 Å². The second-order valence-electron chi connectivity index (χ2n) is 5.14. The Kier molecular flexibility index (Phi) is 3.33. The Labute approximate surface area is 106 Å². The molecule has 1 unspecified atom stereocenters. The molecule has 0 bridgehead atoms. The predicted molar refractivity (Wildman–Crippen MR) is 65.7 cm³/mol. The van der Waals surface area contributed by atoms with Crippen LogP contribution in [-0.2, 0) is 15.0 Å². The van der Waals surface area contributed by atoms with Gasteiger partial charge in [0.05, 0.1) is 13.2 Å². The van der Waals surface area contributed by atoms with Crippen LogP contribution in [0.25, 0.3) is 0 Å². The SMILES string of the molecule is Fc1cccc(C2(CN3CCCO3)CCOC2)c1. The van der Waals surface area contributed by atoms with E-state index in [9.17, 15) is 4.39 Å². The lowest BCUT2D eigenvalue weighted by Gasteiger charge is -2.31. The van der Waals surface area contributed by atoms with Crippen molar-refractivity contribution in [1.82, 2.24) is 5.06 Å². The van der Waals surface area contributed by atoms with Gasteiger partial charge in [-0.15, -0.1) is 0 Å². The van der Waals surface area contributed by atoms with Gasteiger partial charge in [0.1, 0.15) is 5.82 Å². The van der Waals surface area contributed by atoms with E-state index < -0.39 is 0 Å². The molecule has 0 radical (unpaired) electrons. The van der Waals surface area contributed by atoms with Gasteiger partial charge in [-0.25, -0.2) is 4.39 Å². The Morgan fingerprint density at radius 1 is 1.33 bits per heavy atom. The molecule has 2 fully saturated rings. The lowest BCUT2D eigenvalue weighted by Crippen LogP contribution is -2.40. The first-order valence-corrected chi connectivity index (χ1v) is 6.50. The highest BCUT2D eigenvalue weighted by atomic mass is 19.1. The zero-order valence-electron chi connectivity index (χ0n) is 10.4. The Hall–Kier alpha value is -0.970. The molecule has 1 aromatic rings. The van der Waals surface area contributed by atoms with Crippen molar-refractivity contribution in [2.45, 2.75) is 18.3 Å². The molecule has 0 spiro atoms. The maximum Gasteiger partial charge on any atom is 0.123 e. The molecule has 3 nitrogen and oxygen atoms in total. The van der Waals surface area contributed by atoms with Crippen molar-refractivity contribution in [1.29, 1.82) is 0 Å². The van der Waals surface area contributed by atoms with Gasteiger partial charge >= 0.3 is 0 Å². The minimum absolute atomic E-state index is 0.119. The van der Waals surface area contributed by atoms with Crippen LogP contribution in [0.5, 0.6) is 0 Å². The quantitative estimate of drug-likeness (QED) is 0.821. The van der Waals surface area contributed by atoms with Gasteiger partial charge in [-0.1, -0.05) is 12.1 Å². The van der Waals surface area contributed by atoms with E-state index in [0.29, 0.717) is 6.61 Å². The minimum Gasteiger partial charge on any atom is -0.380 e. The summed E-state index contributed by atoms with van der Waals surface area (Å²) >= 11 is 0. The summed E-state index contributed by atoms with van der Waals surface area (Å²) in [7, 11) is 0. The summed E-state index contributed by atoms with van der Waals surface area (Å²) < 4.78 is 19.0. The molecule has 2 saturated heterocycles. The second-order valence-corrected chi connectivity index (χ2v) is 5.14. The molecule has 4 heteroatoms. The van der Waals surface area contributed by atoms with Crippen LogP contribution in [-0.4, -0.2) is 38.0 Å². The van der Waals surface area contributed by atoms with Gasteiger partial charge in [0.2, 0.25) is 0 Å². The molecule has 0 saturated carbocycles. The monoisotopic (exact) mass is 251 g/mol. The molecule has 98 valence electrons. The Morgan fingerprint density at radius 3 is 2.94 bits per heavy atom. The van der Waals surface area contributed by atoms with Crippen molar-refractivity contribution < 1.29 is 14.0 Å².